The number of amides is 1. The van der Waals surface area contributed by atoms with Crippen LogP contribution in [0.15, 0.2) is 24.3 Å². The predicted octanol–water partition coefficient (Wildman–Crippen LogP) is 3.32. The molecular weight excluding hydrogens is 334 g/mol. The Bertz CT molecular complexity index is 603. The highest BCUT2D eigenvalue weighted by molar-refractivity contribution is 5.94. The molecule has 4 rings (SSSR count). The van der Waals surface area contributed by atoms with Gasteiger partial charge in [0.25, 0.3) is 5.91 Å². The van der Waals surface area contributed by atoms with Crippen LogP contribution < -0.4 is 5.32 Å². The zero-order valence-electron chi connectivity index (χ0n) is 16.7. The summed E-state index contributed by atoms with van der Waals surface area (Å²) in [5.74, 6) is 0.960. The van der Waals surface area contributed by atoms with Crippen molar-refractivity contribution < 1.29 is 4.79 Å². The van der Waals surface area contributed by atoms with Gasteiger partial charge in [0.15, 0.2) is 0 Å². The molecule has 0 aromatic heterocycles. The minimum Gasteiger partial charge on any atom is -0.337 e. The van der Waals surface area contributed by atoms with Crippen molar-refractivity contribution in [3.63, 3.8) is 0 Å². The first-order chi connectivity index (χ1) is 13.3. The van der Waals surface area contributed by atoms with Crippen LogP contribution in [0.1, 0.15) is 60.9 Å². The molecule has 0 radical (unpaired) electrons. The normalized spacial score (nSPS) is 25.5. The van der Waals surface area contributed by atoms with E-state index >= 15 is 0 Å². The largest absolute Gasteiger partial charge is 0.337 e. The van der Waals surface area contributed by atoms with E-state index in [1.165, 1.54) is 44.1 Å². The molecule has 0 bridgehead atoms. The van der Waals surface area contributed by atoms with Crippen molar-refractivity contribution in [3.05, 3.63) is 35.4 Å². The number of nitrogens with one attached hydrogen (secondary N) is 1. The molecule has 4 heteroatoms. The topological polar surface area (TPSA) is 35.6 Å². The molecule has 1 aliphatic carbocycles. The first kappa shape index (κ1) is 18.9. The van der Waals surface area contributed by atoms with E-state index in [4.69, 9.17) is 0 Å². The van der Waals surface area contributed by atoms with Crippen LogP contribution >= 0.6 is 0 Å². The van der Waals surface area contributed by atoms with E-state index in [1.54, 1.807) is 0 Å². The second kappa shape index (κ2) is 9.20. The van der Waals surface area contributed by atoms with Gasteiger partial charge >= 0.3 is 0 Å². The summed E-state index contributed by atoms with van der Waals surface area (Å²) in [5, 5.41) is 3.49. The highest BCUT2D eigenvalue weighted by Crippen LogP contribution is 2.24. The third-order valence-electron chi connectivity index (χ3n) is 6.78. The van der Waals surface area contributed by atoms with Gasteiger partial charge in [0.05, 0.1) is 0 Å². The molecule has 4 nitrogen and oxygen atoms in total. The van der Waals surface area contributed by atoms with Gasteiger partial charge in [-0.15, -0.1) is 0 Å². The molecule has 1 aromatic carbocycles. The fourth-order valence-electron chi connectivity index (χ4n) is 5.17. The van der Waals surface area contributed by atoms with E-state index in [0.29, 0.717) is 0 Å². The van der Waals surface area contributed by atoms with Crippen molar-refractivity contribution in [2.45, 2.75) is 57.4 Å². The Labute approximate surface area is 164 Å². The number of hydrogen-bond donors (Lipinski definition) is 1. The molecule has 1 atom stereocenters. The van der Waals surface area contributed by atoms with E-state index in [2.05, 4.69) is 27.2 Å². The van der Waals surface area contributed by atoms with E-state index < -0.39 is 0 Å². The van der Waals surface area contributed by atoms with Gasteiger partial charge in [-0.3, -0.25) is 9.69 Å². The van der Waals surface area contributed by atoms with Gasteiger partial charge in [-0.05, 0) is 75.2 Å². The van der Waals surface area contributed by atoms with E-state index in [0.717, 1.165) is 69.6 Å². The molecule has 1 saturated carbocycles. The molecular formula is C23H35N3O. The zero-order chi connectivity index (χ0) is 18.5. The van der Waals surface area contributed by atoms with Crippen molar-refractivity contribution in [3.8, 4) is 0 Å². The van der Waals surface area contributed by atoms with Crippen LogP contribution in [0.3, 0.4) is 0 Å². The molecule has 2 aliphatic heterocycles. The van der Waals surface area contributed by atoms with Crippen LogP contribution in [-0.2, 0) is 6.42 Å². The molecule has 2 heterocycles. The lowest BCUT2D eigenvalue weighted by Gasteiger charge is -2.27. The molecule has 2 saturated heterocycles. The number of rotatable bonds is 4. The Morgan fingerprint density at radius 2 is 1.74 bits per heavy atom. The minimum absolute atomic E-state index is 0.217. The summed E-state index contributed by atoms with van der Waals surface area (Å²) in [7, 11) is 0. The third-order valence-corrected chi connectivity index (χ3v) is 6.78. The van der Waals surface area contributed by atoms with Crippen LogP contribution in [-0.4, -0.2) is 61.0 Å². The summed E-state index contributed by atoms with van der Waals surface area (Å²) in [6, 6.07) is 9.21. The van der Waals surface area contributed by atoms with Gasteiger partial charge in [0.1, 0.15) is 0 Å². The van der Waals surface area contributed by atoms with Crippen molar-refractivity contribution in [2.75, 3.05) is 39.3 Å². The Hall–Kier alpha value is -1.39. The number of piperidine rings is 1. The lowest BCUT2D eigenvalue weighted by molar-refractivity contribution is 0.0758. The second-order valence-electron chi connectivity index (χ2n) is 8.73. The Balaban J connectivity index is 1.31. The van der Waals surface area contributed by atoms with Crippen LogP contribution in [0.25, 0.3) is 0 Å². The molecule has 1 N–H and O–H groups in total. The van der Waals surface area contributed by atoms with Crippen LogP contribution in [0, 0.1) is 5.92 Å². The van der Waals surface area contributed by atoms with Gasteiger partial charge in [0, 0.05) is 37.8 Å². The molecule has 3 fully saturated rings. The first-order valence-corrected chi connectivity index (χ1v) is 11.1. The summed E-state index contributed by atoms with van der Waals surface area (Å²) in [4.78, 5) is 17.7. The summed E-state index contributed by atoms with van der Waals surface area (Å²) < 4.78 is 0. The number of carbonyl (C=O) groups is 1. The Kier molecular flexibility index (Phi) is 6.46. The maximum atomic E-state index is 13.0. The average Bonchev–Trinajstić information content (AvgIpc) is 3.14. The molecule has 148 valence electrons. The molecule has 0 spiro atoms. The highest BCUT2D eigenvalue weighted by atomic mass is 16.2. The SMILES string of the molecule is O=C(c1ccc(C[C@H]2CCCNC2)cc1)N1CCCN(C2CCCC2)CC1. The summed E-state index contributed by atoms with van der Waals surface area (Å²) in [5.41, 5.74) is 2.22. The molecule has 3 aliphatic rings. The molecule has 1 aromatic rings. The van der Waals surface area contributed by atoms with Gasteiger partial charge in [-0.1, -0.05) is 25.0 Å². The quantitative estimate of drug-likeness (QED) is 0.884. The minimum atomic E-state index is 0.217. The fraction of sp³-hybridized carbons (Fsp3) is 0.696. The lowest BCUT2D eigenvalue weighted by atomic mass is 9.92. The molecule has 1 amide bonds. The number of benzene rings is 1. The number of nitrogens with zero attached hydrogens (tertiary/aromatic N) is 2. The van der Waals surface area contributed by atoms with Gasteiger partial charge in [-0.2, -0.15) is 0 Å². The van der Waals surface area contributed by atoms with E-state index in [9.17, 15) is 4.79 Å². The van der Waals surface area contributed by atoms with E-state index in [-0.39, 0.29) is 5.91 Å². The van der Waals surface area contributed by atoms with E-state index in [1.807, 2.05) is 12.1 Å². The third kappa shape index (κ3) is 4.91. The highest BCUT2D eigenvalue weighted by Gasteiger charge is 2.26. The molecule has 0 unspecified atom stereocenters. The predicted molar refractivity (Wildman–Crippen MR) is 110 cm³/mol. The van der Waals surface area contributed by atoms with Crippen molar-refractivity contribution in [1.29, 1.82) is 0 Å². The van der Waals surface area contributed by atoms with Crippen molar-refractivity contribution in [1.82, 2.24) is 15.1 Å². The van der Waals surface area contributed by atoms with Crippen LogP contribution in [0.2, 0.25) is 0 Å². The lowest BCUT2D eigenvalue weighted by Crippen LogP contribution is -2.38. The summed E-state index contributed by atoms with van der Waals surface area (Å²) in [6.45, 7) is 6.28. The fourth-order valence-corrected chi connectivity index (χ4v) is 5.17. The summed E-state index contributed by atoms with van der Waals surface area (Å²) >= 11 is 0. The van der Waals surface area contributed by atoms with Crippen LogP contribution in [0.4, 0.5) is 0 Å². The molecule has 27 heavy (non-hydrogen) atoms. The van der Waals surface area contributed by atoms with Crippen molar-refractivity contribution >= 4 is 5.91 Å². The standard InChI is InChI=1S/C23H35N3O/c27-23(26-14-4-13-25(15-16-26)22-6-1-2-7-22)21-10-8-19(9-11-21)17-20-5-3-12-24-18-20/h8-11,20,22,24H,1-7,12-18H2/t20-/m1/s1. The van der Waals surface area contributed by atoms with Crippen molar-refractivity contribution in [2.24, 2.45) is 5.92 Å². The smallest absolute Gasteiger partial charge is 0.253 e. The van der Waals surface area contributed by atoms with Gasteiger partial charge in [-0.25, -0.2) is 0 Å². The maximum absolute atomic E-state index is 13.0. The zero-order valence-corrected chi connectivity index (χ0v) is 16.7. The first-order valence-electron chi connectivity index (χ1n) is 11.1. The Morgan fingerprint density at radius 1 is 0.926 bits per heavy atom. The van der Waals surface area contributed by atoms with Crippen LogP contribution in [0.5, 0.6) is 0 Å². The maximum Gasteiger partial charge on any atom is 0.253 e. The number of carbonyl (C=O) groups excluding carboxylic acids is 1. The Morgan fingerprint density at radius 3 is 2.48 bits per heavy atom. The number of hydrogen-bond acceptors (Lipinski definition) is 3. The summed E-state index contributed by atoms with van der Waals surface area (Å²) in [6.07, 6.45) is 10.3. The average molecular weight is 370 g/mol. The second-order valence-corrected chi connectivity index (χ2v) is 8.73. The monoisotopic (exact) mass is 369 g/mol. The van der Waals surface area contributed by atoms with Gasteiger partial charge < -0.3 is 10.2 Å². The van der Waals surface area contributed by atoms with Gasteiger partial charge in [0.2, 0.25) is 0 Å².